The maximum absolute atomic E-state index is 12.4. The first-order valence-electron chi connectivity index (χ1n) is 8.26. The van der Waals surface area contributed by atoms with E-state index in [1.54, 1.807) is 6.07 Å². The predicted molar refractivity (Wildman–Crippen MR) is 101 cm³/mol. The number of pyridine rings is 1. The van der Waals surface area contributed by atoms with Crippen molar-refractivity contribution < 1.29 is 19.2 Å². The van der Waals surface area contributed by atoms with Crippen LogP contribution in [0.4, 0.5) is 15.8 Å². The van der Waals surface area contributed by atoms with Gasteiger partial charge in [-0.15, -0.1) is 0 Å². The predicted octanol–water partition coefficient (Wildman–Crippen LogP) is 3.56. The third-order valence-electron chi connectivity index (χ3n) is 4.04. The molecule has 3 aromatic rings. The van der Waals surface area contributed by atoms with Crippen LogP contribution in [0.1, 0.15) is 0 Å². The molecule has 0 bridgehead atoms. The minimum atomic E-state index is -1.34. The molecule has 0 amide bonds. The number of anilines is 1. The molecule has 0 aliphatic carbocycles. The van der Waals surface area contributed by atoms with E-state index < -0.39 is 17.7 Å². The summed E-state index contributed by atoms with van der Waals surface area (Å²) in [6, 6.07) is 13.8. The van der Waals surface area contributed by atoms with E-state index >= 15 is 0 Å². The third kappa shape index (κ3) is 4.12. The van der Waals surface area contributed by atoms with Crippen LogP contribution < -0.4 is 10.1 Å². The number of nitro benzene ring substituents is 1. The van der Waals surface area contributed by atoms with Crippen LogP contribution in [0.25, 0.3) is 22.2 Å². The fraction of sp³-hybridized carbons (Fsp3) is 0.211. The highest BCUT2D eigenvalue weighted by atomic mass is 19.1. The van der Waals surface area contributed by atoms with E-state index in [0.717, 1.165) is 16.6 Å². The van der Waals surface area contributed by atoms with Crippen molar-refractivity contribution in [2.45, 2.75) is 6.10 Å². The van der Waals surface area contributed by atoms with Gasteiger partial charge in [-0.1, -0.05) is 6.07 Å². The molecule has 0 aliphatic heterocycles. The second kappa shape index (κ2) is 7.96. The van der Waals surface area contributed by atoms with Gasteiger partial charge in [-0.25, -0.2) is 9.37 Å². The number of nitrogens with zero attached hydrogens (tertiary/aromatic N) is 2. The van der Waals surface area contributed by atoms with Gasteiger partial charge in [0.2, 0.25) is 0 Å². The SMILES string of the molecule is CNc1ccc2nc(-c3ccc([N+](=O)[O-])c(OCC(O)CF)c3)ccc2c1. The first kappa shape index (κ1) is 18.5. The number of alkyl halides is 1. The van der Waals surface area contributed by atoms with Crippen LogP contribution in [-0.4, -0.2) is 41.4 Å². The minimum Gasteiger partial charge on any atom is -0.484 e. The second-order valence-electron chi connectivity index (χ2n) is 5.91. The fourth-order valence-electron chi connectivity index (χ4n) is 2.61. The van der Waals surface area contributed by atoms with Crippen LogP contribution in [0.5, 0.6) is 5.75 Å². The largest absolute Gasteiger partial charge is 0.484 e. The number of aliphatic hydroxyl groups excluding tert-OH is 1. The van der Waals surface area contributed by atoms with Crippen LogP contribution in [0.2, 0.25) is 0 Å². The number of aliphatic hydroxyl groups is 1. The average molecular weight is 371 g/mol. The number of nitrogens with one attached hydrogen (secondary N) is 1. The van der Waals surface area contributed by atoms with Crippen molar-refractivity contribution >= 4 is 22.3 Å². The summed E-state index contributed by atoms with van der Waals surface area (Å²) < 4.78 is 17.7. The summed E-state index contributed by atoms with van der Waals surface area (Å²) in [5.74, 6) is -0.0440. The first-order chi connectivity index (χ1) is 13.0. The lowest BCUT2D eigenvalue weighted by Gasteiger charge is -2.11. The molecule has 0 saturated heterocycles. The Morgan fingerprint density at radius 2 is 2.07 bits per heavy atom. The number of hydrogen-bond donors (Lipinski definition) is 2. The van der Waals surface area contributed by atoms with E-state index in [2.05, 4.69) is 10.3 Å². The van der Waals surface area contributed by atoms with Crippen molar-refractivity contribution in [3.05, 3.63) is 58.6 Å². The number of fused-ring (bicyclic) bond motifs is 1. The van der Waals surface area contributed by atoms with Gasteiger partial charge in [-0.05, 0) is 36.4 Å². The summed E-state index contributed by atoms with van der Waals surface area (Å²) in [6.07, 6.45) is -1.34. The van der Waals surface area contributed by atoms with Crippen LogP contribution in [0.3, 0.4) is 0 Å². The summed E-state index contributed by atoms with van der Waals surface area (Å²) in [7, 11) is 1.83. The van der Waals surface area contributed by atoms with Crippen LogP contribution in [-0.2, 0) is 0 Å². The molecular formula is C19H18FN3O4. The molecule has 1 atom stereocenters. The molecule has 7 nitrogen and oxygen atoms in total. The highest BCUT2D eigenvalue weighted by Gasteiger charge is 2.18. The number of rotatable bonds is 7. The first-order valence-corrected chi connectivity index (χ1v) is 8.26. The molecular weight excluding hydrogens is 353 g/mol. The Morgan fingerprint density at radius 3 is 2.78 bits per heavy atom. The van der Waals surface area contributed by atoms with Gasteiger partial charge in [-0.2, -0.15) is 0 Å². The molecule has 1 unspecified atom stereocenters. The number of ether oxygens (including phenoxy) is 1. The molecule has 1 aromatic heterocycles. The highest BCUT2D eigenvalue weighted by molar-refractivity contribution is 5.85. The van der Waals surface area contributed by atoms with Gasteiger partial charge in [-0.3, -0.25) is 10.1 Å². The monoisotopic (exact) mass is 371 g/mol. The molecule has 1 heterocycles. The van der Waals surface area contributed by atoms with Gasteiger partial charge in [0.15, 0.2) is 5.75 Å². The number of hydrogen-bond acceptors (Lipinski definition) is 6. The molecule has 140 valence electrons. The van der Waals surface area contributed by atoms with Gasteiger partial charge >= 0.3 is 5.69 Å². The van der Waals surface area contributed by atoms with Crippen LogP contribution in [0, 0.1) is 10.1 Å². The van der Waals surface area contributed by atoms with Gasteiger partial charge in [0.1, 0.15) is 19.4 Å². The van der Waals surface area contributed by atoms with Crippen molar-refractivity contribution in [2.75, 3.05) is 25.6 Å². The maximum atomic E-state index is 12.4. The Labute approximate surface area is 154 Å². The lowest BCUT2D eigenvalue weighted by atomic mass is 10.1. The Kier molecular flexibility index (Phi) is 5.46. The molecule has 0 radical (unpaired) electrons. The fourth-order valence-corrected chi connectivity index (χ4v) is 2.61. The van der Waals surface area contributed by atoms with Crippen molar-refractivity contribution in [2.24, 2.45) is 0 Å². The Balaban J connectivity index is 1.98. The molecule has 8 heteroatoms. The summed E-state index contributed by atoms with van der Waals surface area (Å²) >= 11 is 0. The Hall–Kier alpha value is -3.26. The lowest BCUT2D eigenvalue weighted by Crippen LogP contribution is -2.19. The van der Waals surface area contributed by atoms with E-state index in [1.807, 2.05) is 37.4 Å². The van der Waals surface area contributed by atoms with Gasteiger partial charge in [0.05, 0.1) is 16.1 Å². The highest BCUT2D eigenvalue weighted by Crippen LogP contribution is 2.32. The molecule has 3 rings (SSSR count). The number of aromatic nitrogens is 1. The third-order valence-corrected chi connectivity index (χ3v) is 4.04. The Bertz CT molecular complexity index is 980. The van der Waals surface area contributed by atoms with Crippen molar-refractivity contribution in [1.82, 2.24) is 4.98 Å². The van der Waals surface area contributed by atoms with Crippen LogP contribution in [0.15, 0.2) is 48.5 Å². The molecule has 2 aromatic carbocycles. The standard InChI is InChI=1S/C19H18FN3O4/c1-21-14-4-6-17-12(8-14)2-5-16(22-17)13-3-7-18(23(25)26)19(9-13)27-11-15(24)10-20/h2-9,15,21,24H,10-11H2,1H3. The number of nitro groups is 1. The summed E-state index contributed by atoms with van der Waals surface area (Å²) in [4.78, 5) is 15.2. The van der Waals surface area contributed by atoms with Crippen LogP contribution >= 0.6 is 0 Å². The molecule has 0 fully saturated rings. The maximum Gasteiger partial charge on any atom is 0.310 e. The van der Waals surface area contributed by atoms with E-state index in [4.69, 9.17) is 4.74 Å². The molecule has 2 N–H and O–H groups in total. The lowest BCUT2D eigenvalue weighted by molar-refractivity contribution is -0.385. The zero-order chi connectivity index (χ0) is 19.4. The number of benzene rings is 2. The normalized spacial score (nSPS) is 12.0. The van der Waals surface area contributed by atoms with Crippen molar-refractivity contribution in [3.63, 3.8) is 0 Å². The minimum absolute atomic E-state index is 0.0440. The van der Waals surface area contributed by atoms with E-state index in [1.165, 1.54) is 12.1 Å². The van der Waals surface area contributed by atoms with Gasteiger partial charge in [0, 0.05) is 29.8 Å². The molecule has 0 aliphatic rings. The Morgan fingerprint density at radius 1 is 1.26 bits per heavy atom. The molecule has 27 heavy (non-hydrogen) atoms. The number of halogens is 1. The average Bonchev–Trinajstić information content (AvgIpc) is 2.70. The van der Waals surface area contributed by atoms with Crippen molar-refractivity contribution in [3.8, 4) is 17.0 Å². The topological polar surface area (TPSA) is 97.5 Å². The summed E-state index contributed by atoms with van der Waals surface area (Å²) in [5.41, 5.74) is 2.72. The quantitative estimate of drug-likeness (QED) is 0.487. The smallest absolute Gasteiger partial charge is 0.310 e. The van der Waals surface area contributed by atoms with E-state index in [-0.39, 0.29) is 18.0 Å². The van der Waals surface area contributed by atoms with E-state index in [9.17, 15) is 19.6 Å². The summed E-state index contributed by atoms with van der Waals surface area (Å²) in [5, 5.41) is 24.5. The van der Waals surface area contributed by atoms with Gasteiger partial charge in [0.25, 0.3) is 0 Å². The van der Waals surface area contributed by atoms with Crippen molar-refractivity contribution in [1.29, 1.82) is 0 Å². The second-order valence-corrected chi connectivity index (χ2v) is 5.91. The molecule has 0 spiro atoms. The zero-order valence-corrected chi connectivity index (χ0v) is 14.6. The van der Waals surface area contributed by atoms with Gasteiger partial charge < -0.3 is 15.2 Å². The zero-order valence-electron chi connectivity index (χ0n) is 14.6. The summed E-state index contributed by atoms with van der Waals surface area (Å²) in [6.45, 7) is -1.37. The van der Waals surface area contributed by atoms with E-state index in [0.29, 0.717) is 11.3 Å². The molecule has 0 saturated carbocycles.